The lowest BCUT2D eigenvalue weighted by molar-refractivity contribution is 0.387. The number of rotatable bonds is 5. The van der Waals surface area contributed by atoms with Gasteiger partial charge in [-0.1, -0.05) is 30.3 Å². The molecule has 0 unspecified atom stereocenters. The zero-order valence-electron chi connectivity index (χ0n) is 15.0. The molecule has 0 aliphatic carbocycles. The summed E-state index contributed by atoms with van der Waals surface area (Å²) in [6.45, 7) is 6.32. The van der Waals surface area contributed by atoms with Gasteiger partial charge in [-0.25, -0.2) is 4.98 Å². The Morgan fingerprint density at radius 2 is 1.83 bits per heavy atom. The summed E-state index contributed by atoms with van der Waals surface area (Å²) in [4.78, 5) is 7.17. The van der Waals surface area contributed by atoms with Crippen LogP contribution in [0.4, 0.5) is 5.69 Å². The molecule has 0 saturated carbocycles. The van der Waals surface area contributed by atoms with Crippen LogP contribution in [0.15, 0.2) is 36.4 Å². The molecule has 1 aromatic carbocycles. The first-order valence-electron chi connectivity index (χ1n) is 8.45. The SMILES string of the molecule is Cc1c(C)n(CCCN(C)C)c2nc(-c3ccccc3)cc(N)c12. The molecule has 0 amide bonds. The summed E-state index contributed by atoms with van der Waals surface area (Å²) in [7, 11) is 4.21. The molecule has 3 rings (SSSR count). The topological polar surface area (TPSA) is 47.1 Å². The van der Waals surface area contributed by atoms with Gasteiger partial charge in [-0.15, -0.1) is 0 Å². The van der Waals surface area contributed by atoms with Gasteiger partial charge < -0.3 is 15.2 Å². The van der Waals surface area contributed by atoms with E-state index in [9.17, 15) is 0 Å². The maximum absolute atomic E-state index is 6.39. The Bertz CT molecular complexity index is 847. The van der Waals surface area contributed by atoms with Crippen molar-refractivity contribution >= 4 is 16.7 Å². The lowest BCUT2D eigenvalue weighted by Crippen LogP contribution is -2.15. The Labute approximate surface area is 143 Å². The van der Waals surface area contributed by atoms with Crippen molar-refractivity contribution < 1.29 is 0 Å². The Kier molecular flexibility index (Phi) is 4.58. The van der Waals surface area contributed by atoms with Crippen LogP contribution in [0, 0.1) is 13.8 Å². The molecule has 2 N–H and O–H groups in total. The summed E-state index contributed by atoms with van der Waals surface area (Å²) in [5.74, 6) is 0. The predicted molar refractivity (Wildman–Crippen MR) is 102 cm³/mol. The minimum atomic E-state index is 0.811. The van der Waals surface area contributed by atoms with E-state index in [1.54, 1.807) is 0 Å². The Morgan fingerprint density at radius 3 is 2.50 bits per heavy atom. The van der Waals surface area contributed by atoms with Gasteiger partial charge in [0, 0.05) is 28.9 Å². The first-order chi connectivity index (χ1) is 11.5. The third kappa shape index (κ3) is 3.02. The second-order valence-corrected chi connectivity index (χ2v) is 6.68. The quantitative estimate of drug-likeness (QED) is 0.776. The molecular formula is C20H26N4. The molecule has 4 heteroatoms. The number of pyridine rings is 1. The van der Waals surface area contributed by atoms with Gasteiger partial charge >= 0.3 is 0 Å². The lowest BCUT2D eigenvalue weighted by atomic mass is 10.1. The third-order valence-electron chi connectivity index (χ3n) is 4.67. The Morgan fingerprint density at radius 1 is 1.12 bits per heavy atom. The van der Waals surface area contributed by atoms with Gasteiger partial charge in [-0.2, -0.15) is 0 Å². The molecule has 0 aliphatic heterocycles. The molecule has 0 radical (unpaired) electrons. The zero-order chi connectivity index (χ0) is 17.3. The van der Waals surface area contributed by atoms with Crippen molar-refractivity contribution in [3.63, 3.8) is 0 Å². The standard InChI is InChI=1S/C20H26N4/c1-14-15(2)24(12-8-11-23(3)4)20-19(14)17(21)13-18(22-20)16-9-6-5-7-10-16/h5-7,9-10,13H,8,11-12H2,1-4H3,(H2,21,22). The number of anilines is 1. The highest BCUT2D eigenvalue weighted by molar-refractivity contribution is 5.95. The second-order valence-electron chi connectivity index (χ2n) is 6.68. The molecular weight excluding hydrogens is 296 g/mol. The molecule has 24 heavy (non-hydrogen) atoms. The van der Waals surface area contributed by atoms with E-state index >= 15 is 0 Å². The molecule has 4 nitrogen and oxygen atoms in total. The molecule has 0 bridgehead atoms. The number of hydrogen-bond acceptors (Lipinski definition) is 3. The molecule has 0 fully saturated rings. The Hall–Kier alpha value is -2.33. The van der Waals surface area contributed by atoms with Gasteiger partial charge in [0.05, 0.1) is 5.69 Å². The predicted octanol–water partition coefficient (Wildman–Crippen LogP) is 3.85. The maximum atomic E-state index is 6.39. The maximum Gasteiger partial charge on any atom is 0.143 e. The first kappa shape index (κ1) is 16.5. The van der Waals surface area contributed by atoms with Crippen molar-refractivity contribution in [1.29, 1.82) is 0 Å². The van der Waals surface area contributed by atoms with Crippen LogP contribution in [-0.2, 0) is 6.54 Å². The van der Waals surface area contributed by atoms with Gasteiger partial charge in [0.25, 0.3) is 0 Å². The number of hydrogen-bond donors (Lipinski definition) is 1. The highest BCUT2D eigenvalue weighted by atomic mass is 15.1. The van der Waals surface area contributed by atoms with E-state index < -0.39 is 0 Å². The van der Waals surface area contributed by atoms with Crippen molar-refractivity contribution in [3.8, 4) is 11.3 Å². The molecule has 2 aromatic heterocycles. The second kappa shape index (κ2) is 6.65. The highest BCUT2D eigenvalue weighted by Crippen LogP contribution is 2.32. The van der Waals surface area contributed by atoms with Crippen molar-refractivity contribution in [2.75, 3.05) is 26.4 Å². The summed E-state index contributed by atoms with van der Waals surface area (Å²) < 4.78 is 2.32. The number of nitrogens with two attached hydrogens (primary N) is 1. The molecule has 0 aliphatic rings. The van der Waals surface area contributed by atoms with Crippen LogP contribution in [0.5, 0.6) is 0 Å². The average Bonchev–Trinajstić information content (AvgIpc) is 2.80. The van der Waals surface area contributed by atoms with Crippen LogP contribution < -0.4 is 5.73 Å². The van der Waals surface area contributed by atoms with Crippen LogP contribution in [0.2, 0.25) is 0 Å². The van der Waals surface area contributed by atoms with E-state index in [1.807, 2.05) is 24.3 Å². The average molecular weight is 322 g/mol. The number of benzene rings is 1. The largest absolute Gasteiger partial charge is 0.398 e. The van der Waals surface area contributed by atoms with E-state index in [0.717, 1.165) is 47.5 Å². The smallest absolute Gasteiger partial charge is 0.143 e. The summed E-state index contributed by atoms with van der Waals surface area (Å²) in [5.41, 5.74) is 12.7. The van der Waals surface area contributed by atoms with Crippen LogP contribution >= 0.6 is 0 Å². The molecule has 0 saturated heterocycles. The minimum Gasteiger partial charge on any atom is -0.398 e. The van der Waals surface area contributed by atoms with Gasteiger partial charge in [0.15, 0.2) is 0 Å². The fourth-order valence-electron chi connectivity index (χ4n) is 3.25. The van der Waals surface area contributed by atoms with E-state index in [4.69, 9.17) is 10.7 Å². The number of fused-ring (bicyclic) bond motifs is 1. The molecule has 126 valence electrons. The van der Waals surface area contributed by atoms with Crippen LogP contribution in [-0.4, -0.2) is 35.1 Å². The molecule has 2 heterocycles. The normalized spacial score (nSPS) is 11.5. The molecule has 0 spiro atoms. The van der Waals surface area contributed by atoms with Crippen molar-refractivity contribution in [3.05, 3.63) is 47.7 Å². The van der Waals surface area contributed by atoms with Gasteiger partial charge in [-0.3, -0.25) is 0 Å². The van der Waals surface area contributed by atoms with Crippen LogP contribution in [0.3, 0.4) is 0 Å². The fourth-order valence-corrected chi connectivity index (χ4v) is 3.25. The zero-order valence-corrected chi connectivity index (χ0v) is 15.0. The number of nitrogens with zero attached hydrogens (tertiary/aromatic N) is 3. The summed E-state index contributed by atoms with van der Waals surface area (Å²) in [6.07, 6.45) is 1.09. The van der Waals surface area contributed by atoms with Gasteiger partial charge in [0.1, 0.15) is 5.65 Å². The number of aryl methyl sites for hydroxylation is 2. The van der Waals surface area contributed by atoms with Gasteiger partial charge in [-0.05, 0) is 52.5 Å². The number of aromatic nitrogens is 2. The fraction of sp³-hybridized carbons (Fsp3) is 0.350. The van der Waals surface area contributed by atoms with Crippen LogP contribution in [0.1, 0.15) is 17.7 Å². The van der Waals surface area contributed by atoms with Crippen LogP contribution in [0.25, 0.3) is 22.3 Å². The van der Waals surface area contributed by atoms with E-state index in [1.165, 1.54) is 11.3 Å². The summed E-state index contributed by atoms with van der Waals surface area (Å²) in [6, 6.07) is 12.2. The Balaban J connectivity index is 2.10. The van der Waals surface area contributed by atoms with Crippen molar-refractivity contribution in [2.45, 2.75) is 26.8 Å². The highest BCUT2D eigenvalue weighted by Gasteiger charge is 2.16. The lowest BCUT2D eigenvalue weighted by Gasteiger charge is -2.12. The van der Waals surface area contributed by atoms with E-state index in [0.29, 0.717) is 0 Å². The minimum absolute atomic E-state index is 0.811. The van der Waals surface area contributed by atoms with E-state index in [2.05, 4.69) is 49.5 Å². The molecule has 0 atom stereocenters. The van der Waals surface area contributed by atoms with Gasteiger partial charge in [0.2, 0.25) is 0 Å². The summed E-state index contributed by atoms with van der Waals surface area (Å²) in [5, 5.41) is 1.09. The number of nitrogen functional groups attached to an aromatic ring is 1. The van der Waals surface area contributed by atoms with Crippen molar-refractivity contribution in [2.24, 2.45) is 0 Å². The van der Waals surface area contributed by atoms with E-state index in [-0.39, 0.29) is 0 Å². The summed E-state index contributed by atoms with van der Waals surface area (Å²) >= 11 is 0. The monoisotopic (exact) mass is 322 g/mol. The van der Waals surface area contributed by atoms with Crippen molar-refractivity contribution in [1.82, 2.24) is 14.5 Å². The third-order valence-corrected chi connectivity index (χ3v) is 4.67. The first-order valence-corrected chi connectivity index (χ1v) is 8.45. The molecule has 3 aromatic rings.